The minimum atomic E-state index is -0.869. The molecule has 2 N–H and O–H groups in total. The molecule has 2 aromatic rings. The molecule has 0 aliphatic heterocycles. The molecule has 0 aromatic heterocycles. The van der Waals surface area contributed by atoms with E-state index in [2.05, 4.69) is 5.32 Å². The van der Waals surface area contributed by atoms with E-state index in [1.54, 1.807) is 13.8 Å². The van der Waals surface area contributed by atoms with Crippen molar-refractivity contribution < 1.29 is 19.4 Å². The number of aliphatic carboxylic acids is 1. The number of carboxylic acids is 1. The number of hydrogen-bond acceptors (Lipinski definition) is 3. The summed E-state index contributed by atoms with van der Waals surface area (Å²) in [6.45, 7) is 3.46. The van der Waals surface area contributed by atoms with Gasteiger partial charge in [-0.05, 0) is 31.7 Å². The zero-order chi connectivity index (χ0) is 16.8. The summed E-state index contributed by atoms with van der Waals surface area (Å²) in [6, 6.07) is 13.3. The molecule has 0 heterocycles. The Labute approximate surface area is 135 Å². The Bertz CT molecular complexity index is 693. The molecule has 0 saturated heterocycles. The Balaban J connectivity index is 1.99. The molecule has 0 aliphatic rings. The van der Waals surface area contributed by atoms with Crippen molar-refractivity contribution in [3.8, 4) is 5.75 Å². The molecule has 1 amide bonds. The van der Waals surface area contributed by atoms with Gasteiger partial charge in [-0.1, -0.05) is 36.4 Å². The van der Waals surface area contributed by atoms with Crippen LogP contribution >= 0.6 is 0 Å². The second-order valence-electron chi connectivity index (χ2n) is 5.58. The zero-order valence-corrected chi connectivity index (χ0v) is 13.3. The van der Waals surface area contributed by atoms with Gasteiger partial charge < -0.3 is 15.2 Å². The van der Waals surface area contributed by atoms with E-state index >= 15 is 0 Å². The van der Waals surface area contributed by atoms with Crippen LogP contribution in [0.25, 0.3) is 10.8 Å². The third-order valence-corrected chi connectivity index (χ3v) is 3.60. The quantitative estimate of drug-likeness (QED) is 0.823. The Morgan fingerprint density at radius 1 is 1.13 bits per heavy atom. The van der Waals surface area contributed by atoms with Gasteiger partial charge in [0.25, 0.3) is 5.91 Å². The van der Waals surface area contributed by atoms with Crippen molar-refractivity contribution >= 4 is 22.6 Å². The van der Waals surface area contributed by atoms with Gasteiger partial charge >= 0.3 is 5.97 Å². The van der Waals surface area contributed by atoms with E-state index in [-0.39, 0.29) is 18.4 Å². The summed E-state index contributed by atoms with van der Waals surface area (Å²) in [5, 5.41) is 13.4. The molecule has 0 fully saturated rings. The fourth-order valence-electron chi connectivity index (χ4n) is 2.31. The Hall–Kier alpha value is -2.56. The minimum absolute atomic E-state index is 0.0278. The van der Waals surface area contributed by atoms with Crippen molar-refractivity contribution in [3.05, 3.63) is 42.5 Å². The standard InChI is InChI=1S/C18H21NO4/c1-12(10-11-17(20)21)19-18(22)13(2)23-16-9-5-7-14-6-3-4-8-15(14)16/h3-9,12-13H,10-11H2,1-2H3,(H,19,22)(H,20,21). The van der Waals surface area contributed by atoms with Gasteiger partial charge in [-0.3, -0.25) is 9.59 Å². The van der Waals surface area contributed by atoms with E-state index in [1.165, 1.54) is 0 Å². The summed E-state index contributed by atoms with van der Waals surface area (Å²) in [4.78, 5) is 22.7. The van der Waals surface area contributed by atoms with Crippen LogP contribution in [0.4, 0.5) is 0 Å². The van der Waals surface area contributed by atoms with Gasteiger partial charge in [-0.15, -0.1) is 0 Å². The van der Waals surface area contributed by atoms with Gasteiger partial charge in [0.15, 0.2) is 6.10 Å². The second kappa shape index (κ2) is 7.63. The van der Waals surface area contributed by atoms with Crippen molar-refractivity contribution in [2.24, 2.45) is 0 Å². The monoisotopic (exact) mass is 315 g/mol. The molecule has 5 heteroatoms. The van der Waals surface area contributed by atoms with Gasteiger partial charge in [-0.2, -0.15) is 0 Å². The predicted octanol–water partition coefficient (Wildman–Crippen LogP) is 2.98. The van der Waals surface area contributed by atoms with Crippen molar-refractivity contribution in [2.75, 3.05) is 0 Å². The lowest BCUT2D eigenvalue weighted by Gasteiger charge is -2.19. The number of benzene rings is 2. The summed E-state index contributed by atoms with van der Waals surface area (Å²) in [5.41, 5.74) is 0. The largest absolute Gasteiger partial charge is 0.481 e. The van der Waals surface area contributed by atoms with Crippen LogP contribution in [-0.4, -0.2) is 29.1 Å². The van der Waals surface area contributed by atoms with Crippen molar-refractivity contribution in [2.45, 2.75) is 38.8 Å². The third-order valence-electron chi connectivity index (χ3n) is 3.60. The fraction of sp³-hybridized carbons (Fsp3) is 0.333. The molecule has 0 bridgehead atoms. The first-order valence-electron chi connectivity index (χ1n) is 7.64. The Kier molecular flexibility index (Phi) is 5.57. The average Bonchev–Trinajstić information content (AvgIpc) is 2.53. The zero-order valence-electron chi connectivity index (χ0n) is 13.3. The highest BCUT2D eigenvalue weighted by atomic mass is 16.5. The second-order valence-corrected chi connectivity index (χ2v) is 5.58. The fourth-order valence-corrected chi connectivity index (χ4v) is 2.31. The molecule has 122 valence electrons. The molecule has 0 spiro atoms. The third kappa shape index (κ3) is 4.71. The molecular weight excluding hydrogens is 294 g/mol. The maximum Gasteiger partial charge on any atom is 0.303 e. The van der Waals surface area contributed by atoms with E-state index < -0.39 is 12.1 Å². The summed E-state index contributed by atoms with van der Waals surface area (Å²) in [7, 11) is 0. The van der Waals surface area contributed by atoms with Gasteiger partial charge in [-0.25, -0.2) is 0 Å². The first kappa shape index (κ1) is 16.8. The molecule has 23 heavy (non-hydrogen) atoms. The summed E-state index contributed by atoms with van der Waals surface area (Å²) >= 11 is 0. The number of fused-ring (bicyclic) bond motifs is 1. The molecular formula is C18H21NO4. The van der Waals surface area contributed by atoms with Gasteiger partial charge in [0.2, 0.25) is 0 Å². The first-order chi connectivity index (χ1) is 11.0. The van der Waals surface area contributed by atoms with Crippen molar-refractivity contribution in [3.63, 3.8) is 0 Å². The number of carboxylic acid groups (broad SMARTS) is 1. The number of nitrogens with one attached hydrogen (secondary N) is 1. The van der Waals surface area contributed by atoms with E-state index in [9.17, 15) is 9.59 Å². The predicted molar refractivity (Wildman–Crippen MR) is 88.5 cm³/mol. The molecule has 2 aromatic carbocycles. The summed E-state index contributed by atoms with van der Waals surface area (Å²) < 4.78 is 5.79. The maximum absolute atomic E-state index is 12.2. The molecule has 2 unspecified atom stereocenters. The van der Waals surface area contributed by atoms with Gasteiger partial charge in [0, 0.05) is 17.8 Å². The molecule has 5 nitrogen and oxygen atoms in total. The number of carbonyl (C=O) groups is 2. The highest BCUT2D eigenvalue weighted by Gasteiger charge is 2.18. The number of carbonyl (C=O) groups excluding carboxylic acids is 1. The van der Waals surface area contributed by atoms with Crippen molar-refractivity contribution in [1.29, 1.82) is 0 Å². The summed E-state index contributed by atoms with van der Waals surface area (Å²) in [6.07, 6.45) is -0.240. The number of ether oxygens (including phenoxy) is 1. The smallest absolute Gasteiger partial charge is 0.303 e. The van der Waals surface area contributed by atoms with Crippen LogP contribution in [0.15, 0.2) is 42.5 Å². The molecule has 0 radical (unpaired) electrons. The van der Waals surface area contributed by atoms with E-state index in [0.717, 1.165) is 10.8 Å². The Morgan fingerprint density at radius 3 is 2.57 bits per heavy atom. The SMILES string of the molecule is CC(CCC(=O)O)NC(=O)C(C)Oc1cccc2ccccc12. The number of amides is 1. The Morgan fingerprint density at radius 2 is 1.83 bits per heavy atom. The highest BCUT2D eigenvalue weighted by Crippen LogP contribution is 2.26. The molecule has 2 rings (SSSR count). The van der Waals surface area contributed by atoms with Crippen LogP contribution in [-0.2, 0) is 9.59 Å². The first-order valence-corrected chi connectivity index (χ1v) is 7.64. The van der Waals surface area contributed by atoms with Crippen LogP contribution in [0.5, 0.6) is 5.75 Å². The van der Waals surface area contributed by atoms with Gasteiger partial charge in [0.05, 0.1) is 0 Å². The normalized spacial score (nSPS) is 13.3. The van der Waals surface area contributed by atoms with E-state index in [1.807, 2.05) is 42.5 Å². The number of hydrogen-bond donors (Lipinski definition) is 2. The minimum Gasteiger partial charge on any atom is -0.481 e. The maximum atomic E-state index is 12.2. The topological polar surface area (TPSA) is 75.6 Å². The van der Waals surface area contributed by atoms with E-state index in [4.69, 9.17) is 9.84 Å². The lowest BCUT2D eigenvalue weighted by molar-refractivity contribution is -0.137. The number of rotatable bonds is 7. The van der Waals surface area contributed by atoms with E-state index in [0.29, 0.717) is 12.2 Å². The van der Waals surface area contributed by atoms with Gasteiger partial charge in [0.1, 0.15) is 5.75 Å². The van der Waals surface area contributed by atoms with Crippen LogP contribution in [0, 0.1) is 0 Å². The highest BCUT2D eigenvalue weighted by molar-refractivity contribution is 5.89. The average molecular weight is 315 g/mol. The van der Waals surface area contributed by atoms with Crippen LogP contribution in [0.2, 0.25) is 0 Å². The van der Waals surface area contributed by atoms with Crippen LogP contribution in [0.1, 0.15) is 26.7 Å². The molecule has 0 saturated carbocycles. The molecule has 2 atom stereocenters. The van der Waals surface area contributed by atoms with Crippen LogP contribution < -0.4 is 10.1 Å². The lowest BCUT2D eigenvalue weighted by Crippen LogP contribution is -2.41. The lowest BCUT2D eigenvalue weighted by atomic mass is 10.1. The summed E-state index contributed by atoms with van der Waals surface area (Å²) in [5.74, 6) is -0.467. The van der Waals surface area contributed by atoms with Crippen LogP contribution in [0.3, 0.4) is 0 Å². The van der Waals surface area contributed by atoms with Crippen molar-refractivity contribution in [1.82, 2.24) is 5.32 Å². The molecule has 0 aliphatic carbocycles.